The van der Waals surface area contributed by atoms with Gasteiger partial charge in [-0.25, -0.2) is 4.79 Å². The van der Waals surface area contributed by atoms with Crippen LogP contribution in [0.5, 0.6) is 11.5 Å². The Balaban J connectivity index is 1.90. The zero-order valence-electron chi connectivity index (χ0n) is 17.2. The molecule has 8 nitrogen and oxygen atoms in total. The van der Waals surface area contributed by atoms with Crippen molar-refractivity contribution in [2.45, 2.75) is 6.92 Å². The van der Waals surface area contributed by atoms with E-state index < -0.39 is 11.9 Å². The fraction of sp³-hybridized carbons (Fsp3) is 0.227. The van der Waals surface area contributed by atoms with Crippen molar-refractivity contribution in [3.8, 4) is 22.8 Å². The number of halogens is 2. The predicted octanol–water partition coefficient (Wildman–Crippen LogP) is 3.94. The summed E-state index contributed by atoms with van der Waals surface area (Å²) in [7, 11) is 1.50. The lowest BCUT2D eigenvalue weighted by molar-refractivity contribution is -0.154. The van der Waals surface area contributed by atoms with Crippen LogP contribution in [-0.4, -0.2) is 38.7 Å². The zero-order valence-corrected chi connectivity index (χ0v) is 19.5. The number of hydrogen-bond donors (Lipinski definition) is 1. The monoisotopic (exact) mass is 523 g/mol. The molecule has 0 aliphatic rings. The molecule has 168 valence electrons. The van der Waals surface area contributed by atoms with E-state index in [-0.39, 0.29) is 36.5 Å². The minimum Gasteiger partial charge on any atom is -0.495 e. The minimum atomic E-state index is -0.965. The van der Waals surface area contributed by atoms with Gasteiger partial charge in [0.2, 0.25) is 0 Å². The van der Waals surface area contributed by atoms with Gasteiger partial charge >= 0.3 is 11.9 Å². The normalized spacial score (nSPS) is 10.6. The summed E-state index contributed by atoms with van der Waals surface area (Å²) < 4.78 is 22.3. The number of esters is 1. The molecule has 3 rings (SSSR count). The van der Waals surface area contributed by atoms with E-state index in [1.807, 2.05) is 0 Å². The molecule has 1 aromatic heterocycles. The van der Waals surface area contributed by atoms with Gasteiger partial charge in [0.15, 0.2) is 11.0 Å². The van der Waals surface area contributed by atoms with E-state index in [1.54, 1.807) is 37.3 Å². The summed E-state index contributed by atoms with van der Waals surface area (Å²) in [6, 6.07) is 9.58. The fourth-order valence-electron chi connectivity index (χ4n) is 2.87. The van der Waals surface area contributed by atoms with Crippen molar-refractivity contribution in [1.29, 1.82) is 0 Å². The molecule has 3 aromatic rings. The van der Waals surface area contributed by atoms with E-state index in [1.165, 1.54) is 13.2 Å². The van der Waals surface area contributed by atoms with E-state index in [2.05, 4.69) is 26.0 Å². The second-order valence-electron chi connectivity index (χ2n) is 6.40. The number of rotatable bonds is 7. The minimum absolute atomic E-state index is 0.0293. The topological polar surface area (TPSA) is 104 Å². The number of ether oxygens (including phenoxy) is 3. The molecule has 1 amide bonds. The van der Waals surface area contributed by atoms with Crippen LogP contribution in [-0.2, 0) is 14.3 Å². The number of para-hydroxylation sites is 1. The molecule has 0 saturated heterocycles. The average molecular weight is 525 g/mol. The number of benzene rings is 2. The number of nitrogens with one attached hydrogen (secondary N) is 1. The van der Waals surface area contributed by atoms with E-state index in [4.69, 9.17) is 25.5 Å². The van der Waals surface area contributed by atoms with Crippen LogP contribution in [0.2, 0.25) is 5.02 Å². The number of methoxy groups -OCH3 is 1. The summed E-state index contributed by atoms with van der Waals surface area (Å²) in [5.74, 6) is -0.762. The SMILES string of the molecule is CCOC(=O)C(=O)NCCOc1cc(OC)c(Br)cc1-c1cc(=O)c2cccc(Cl)c2o1. The fourth-order valence-corrected chi connectivity index (χ4v) is 3.59. The lowest BCUT2D eigenvalue weighted by Gasteiger charge is -2.15. The quantitative estimate of drug-likeness (QED) is 0.284. The zero-order chi connectivity index (χ0) is 23.3. The molecule has 2 aromatic carbocycles. The standard InChI is InChI=1S/C22H19BrClNO7/c1-3-30-22(28)21(27)25-7-8-31-17-11-19(29-2)14(23)9-13(17)18-10-16(26)12-5-4-6-15(24)20(12)32-18/h4-6,9-11H,3,7-8H2,1-2H3,(H,25,27). The summed E-state index contributed by atoms with van der Waals surface area (Å²) in [6.07, 6.45) is 0. The number of fused-ring (bicyclic) bond motifs is 1. The molecule has 0 bridgehead atoms. The molecular formula is C22H19BrClNO7. The molecule has 1 heterocycles. The highest BCUT2D eigenvalue weighted by atomic mass is 79.9. The third-order valence-electron chi connectivity index (χ3n) is 4.33. The number of carbonyl (C=O) groups is 2. The molecule has 10 heteroatoms. The van der Waals surface area contributed by atoms with Crippen molar-refractivity contribution in [3.05, 3.63) is 56.1 Å². The number of carbonyl (C=O) groups excluding carboxylic acids is 2. The van der Waals surface area contributed by atoms with Gasteiger partial charge in [-0.2, -0.15) is 0 Å². The maximum atomic E-state index is 12.6. The van der Waals surface area contributed by atoms with Crippen molar-refractivity contribution in [2.75, 3.05) is 26.9 Å². The third kappa shape index (κ3) is 5.23. The molecule has 0 spiro atoms. The first-order valence-corrected chi connectivity index (χ1v) is 10.7. The summed E-state index contributed by atoms with van der Waals surface area (Å²) in [6.45, 7) is 1.78. The van der Waals surface area contributed by atoms with Gasteiger partial charge in [-0.15, -0.1) is 0 Å². The molecule has 0 radical (unpaired) electrons. The van der Waals surface area contributed by atoms with Crippen LogP contribution < -0.4 is 20.2 Å². The lowest BCUT2D eigenvalue weighted by atomic mass is 10.1. The van der Waals surface area contributed by atoms with Crippen LogP contribution >= 0.6 is 27.5 Å². The van der Waals surface area contributed by atoms with E-state index in [0.717, 1.165) is 0 Å². The Kier molecular flexibility index (Phi) is 7.76. The van der Waals surface area contributed by atoms with Gasteiger partial charge in [0.1, 0.15) is 23.9 Å². The van der Waals surface area contributed by atoms with Crippen LogP contribution in [0.25, 0.3) is 22.3 Å². The van der Waals surface area contributed by atoms with E-state index in [9.17, 15) is 14.4 Å². The highest BCUT2D eigenvalue weighted by Crippen LogP contribution is 2.39. The Bertz CT molecular complexity index is 1220. The van der Waals surface area contributed by atoms with Crippen LogP contribution in [0.15, 0.2) is 50.1 Å². The summed E-state index contributed by atoms with van der Waals surface area (Å²) in [5.41, 5.74) is 0.466. The highest BCUT2D eigenvalue weighted by Gasteiger charge is 2.18. The first kappa shape index (κ1) is 23.6. The van der Waals surface area contributed by atoms with Crippen molar-refractivity contribution < 1.29 is 28.2 Å². The first-order valence-electron chi connectivity index (χ1n) is 9.53. The van der Waals surface area contributed by atoms with Crippen molar-refractivity contribution in [3.63, 3.8) is 0 Å². The lowest BCUT2D eigenvalue weighted by Crippen LogP contribution is -2.35. The van der Waals surface area contributed by atoms with Gasteiger partial charge in [0.25, 0.3) is 0 Å². The van der Waals surface area contributed by atoms with Crippen molar-refractivity contribution in [2.24, 2.45) is 0 Å². The second-order valence-corrected chi connectivity index (χ2v) is 7.66. The van der Waals surface area contributed by atoms with Crippen LogP contribution in [0.1, 0.15) is 6.92 Å². The van der Waals surface area contributed by atoms with Gasteiger partial charge in [-0.3, -0.25) is 9.59 Å². The largest absolute Gasteiger partial charge is 0.495 e. The van der Waals surface area contributed by atoms with Crippen LogP contribution in [0, 0.1) is 0 Å². The Morgan fingerprint density at radius 3 is 2.69 bits per heavy atom. The molecular weight excluding hydrogens is 506 g/mol. The Labute approximate surface area is 196 Å². The van der Waals surface area contributed by atoms with Crippen LogP contribution in [0.4, 0.5) is 0 Å². The molecule has 0 atom stereocenters. The van der Waals surface area contributed by atoms with Crippen LogP contribution in [0.3, 0.4) is 0 Å². The molecule has 0 saturated carbocycles. The number of amides is 1. The van der Waals surface area contributed by atoms with E-state index >= 15 is 0 Å². The van der Waals surface area contributed by atoms with Gasteiger partial charge < -0.3 is 23.9 Å². The number of hydrogen-bond acceptors (Lipinski definition) is 7. The Morgan fingerprint density at radius 1 is 1.19 bits per heavy atom. The molecule has 1 N–H and O–H groups in total. The first-order chi connectivity index (χ1) is 15.3. The van der Waals surface area contributed by atoms with Gasteiger partial charge in [-0.05, 0) is 41.1 Å². The molecule has 0 aliphatic heterocycles. The van der Waals surface area contributed by atoms with Gasteiger partial charge in [0.05, 0.1) is 40.7 Å². The maximum absolute atomic E-state index is 12.6. The molecule has 0 aliphatic carbocycles. The van der Waals surface area contributed by atoms with Gasteiger partial charge in [-0.1, -0.05) is 17.7 Å². The Morgan fingerprint density at radius 2 is 1.97 bits per heavy atom. The summed E-state index contributed by atoms with van der Waals surface area (Å²) in [5, 5.41) is 3.07. The summed E-state index contributed by atoms with van der Waals surface area (Å²) in [4.78, 5) is 35.6. The van der Waals surface area contributed by atoms with Gasteiger partial charge in [0, 0.05) is 12.1 Å². The molecule has 0 unspecified atom stereocenters. The summed E-state index contributed by atoms with van der Waals surface area (Å²) >= 11 is 9.63. The molecule has 0 fully saturated rings. The van der Waals surface area contributed by atoms with Crippen molar-refractivity contribution >= 4 is 50.4 Å². The predicted molar refractivity (Wildman–Crippen MR) is 122 cm³/mol. The second kappa shape index (κ2) is 10.5. The molecule has 32 heavy (non-hydrogen) atoms. The average Bonchev–Trinajstić information content (AvgIpc) is 2.77. The van der Waals surface area contributed by atoms with Crippen molar-refractivity contribution in [1.82, 2.24) is 5.32 Å². The Hall–Kier alpha value is -3.04. The third-order valence-corrected chi connectivity index (χ3v) is 5.25. The maximum Gasteiger partial charge on any atom is 0.396 e. The van der Waals surface area contributed by atoms with E-state index in [0.29, 0.717) is 31.9 Å². The smallest absolute Gasteiger partial charge is 0.396 e. The highest BCUT2D eigenvalue weighted by molar-refractivity contribution is 9.10.